The minimum Gasteiger partial charge on any atom is -0.312 e. The number of unbranched alkanes of at least 4 members (excludes halogenated alkanes) is 1. The number of nitrogens with one attached hydrogen (secondary N) is 1. The third-order valence-electron chi connectivity index (χ3n) is 3.64. The Hall–Kier alpha value is -0.520. The molecule has 0 bridgehead atoms. The van der Waals surface area contributed by atoms with E-state index in [0.717, 1.165) is 18.8 Å². The van der Waals surface area contributed by atoms with Crippen molar-refractivity contribution >= 4 is 0 Å². The van der Waals surface area contributed by atoms with Crippen molar-refractivity contribution in [3.05, 3.63) is 0 Å². The lowest BCUT2D eigenvalue weighted by Gasteiger charge is -2.27. The third kappa shape index (κ3) is 4.55. The van der Waals surface area contributed by atoms with Crippen molar-refractivity contribution in [3.8, 4) is 12.3 Å². The van der Waals surface area contributed by atoms with Crippen LogP contribution < -0.4 is 5.32 Å². The van der Waals surface area contributed by atoms with Crippen LogP contribution in [-0.2, 0) is 0 Å². The van der Waals surface area contributed by atoms with Gasteiger partial charge in [0.15, 0.2) is 0 Å². The van der Waals surface area contributed by atoms with Crippen LogP contribution in [0.15, 0.2) is 0 Å². The number of rotatable bonds is 5. The zero-order valence-electron chi connectivity index (χ0n) is 10.8. The Morgan fingerprint density at radius 2 is 2.38 bits per heavy atom. The second-order valence-corrected chi connectivity index (χ2v) is 4.91. The molecule has 0 aromatic carbocycles. The molecule has 0 aromatic rings. The molecule has 0 aromatic heterocycles. The van der Waals surface area contributed by atoms with Gasteiger partial charge in [-0.15, -0.1) is 12.3 Å². The van der Waals surface area contributed by atoms with E-state index in [2.05, 4.69) is 30.0 Å². The van der Waals surface area contributed by atoms with Crippen molar-refractivity contribution in [2.75, 3.05) is 26.2 Å². The van der Waals surface area contributed by atoms with Gasteiger partial charge >= 0.3 is 0 Å². The van der Waals surface area contributed by atoms with Gasteiger partial charge in [-0.25, -0.2) is 0 Å². The Kier molecular flexibility index (Phi) is 6.52. The van der Waals surface area contributed by atoms with E-state index in [1.165, 1.54) is 39.0 Å². The second kappa shape index (κ2) is 7.70. The highest BCUT2D eigenvalue weighted by atomic mass is 15.2. The lowest BCUT2D eigenvalue weighted by atomic mass is 9.99. The SMILES string of the molecule is C#CCCCN1CCCNC(C(C)CC)C1. The van der Waals surface area contributed by atoms with Gasteiger partial charge in [0, 0.05) is 19.0 Å². The quantitative estimate of drug-likeness (QED) is 0.566. The summed E-state index contributed by atoms with van der Waals surface area (Å²) in [7, 11) is 0. The van der Waals surface area contributed by atoms with Crippen molar-refractivity contribution in [1.82, 2.24) is 10.2 Å². The monoisotopic (exact) mass is 222 g/mol. The molecular formula is C14H26N2. The minimum absolute atomic E-state index is 0.665. The largest absolute Gasteiger partial charge is 0.312 e. The Balaban J connectivity index is 2.36. The highest BCUT2D eigenvalue weighted by Crippen LogP contribution is 2.12. The number of hydrogen-bond donors (Lipinski definition) is 1. The molecule has 0 aliphatic carbocycles. The topological polar surface area (TPSA) is 15.3 Å². The molecule has 92 valence electrons. The third-order valence-corrected chi connectivity index (χ3v) is 3.64. The van der Waals surface area contributed by atoms with E-state index in [4.69, 9.17) is 6.42 Å². The first-order valence-electron chi connectivity index (χ1n) is 6.67. The lowest BCUT2D eigenvalue weighted by molar-refractivity contribution is 0.237. The molecule has 16 heavy (non-hydrogen) atoms. The summed E-state index contributed by atoms with van der Waals surface area (Å²) in [6.45, 7) is 9.38. The number of nitrogens with zero attached hydrogens (tertiary/aromatic N) is 1. The van der Waals surface area contributed by atoms with Crippen LogP contribution in [-0.4, -0.2) is 37.1 Å². The van der Waals surface area contributed by atoms with Crippen molar-refractivity contribution in [2.45, 2.75) is 45.6 Å². The minimum atomic E-state index is 0.665. The smallest absolute Gasteiger partial charge is 0.0220 e. The summed E-state index contributed by atoms with van der Waals surface area (Å²) in [6.07, 6.45) is 9.88. The predicted octanol–water partition coefficient (Wildman–Crippen LogP) is 2.11. The van der Waals surface area contributed by atoms with Gasteiger partial charge in [-0.05, 0) is 38.4 Å². The maximum Gasteiger partial charge on any atom is 0.0220 e. The predicted molar refractivity (Wildman–Crippen MR) is 70.4 cm³/mol. The fourth-order valence-electron chi connectivity index (χ4n) is 2.30. The molecular weight excluding hydrogens is 196 g/mol. The molecule has 2 atom stereocenters. The number of terminal acetylenes is 1. The van der Waals surface area contributed by atoms with Gasteiger partial charge in [-0.3, -0.25) is 0 Å². The van der Waals surface area contributed by atoms with Gasteiger partial charge in [0.05, 0.1) is 0 Å². The average molecular weight is 222 g/mol. The van der Waals surface area contributed by atoms with E-state index >= 15 is 0 Å². The van der Waals surface area contributed by atoms with E-state index < -0.39 is 0 Å². The Labute approximate surface area is 101 Å². The molecule has 2 nitrogen and oxygen atoms in total. The fraction of sp³-hybridized carbons (Fsp3) is 0.857. The standard InChI is InChI=1S/C14H26N2/c1-4-6-7-10-16-11-8-9-15-14(12-16)13(3)5-2/h1,13-15H,5-12H2,2-3H3. The van der Waals surface area contributed by atoms with Crippen LogP contribution in [0.4, 0.5) is 0 Å². The van der Waals surface area contributed by atoms with Crippen LogP contribution >= 0.6 is 0 Å². The molecule has 1 heterocycles. The summed E-state index contributed by atoms with van der Waals surface area (Å²) < 4.78 is 0. The summed E-state index contributed by atoms with van der Waals surface area (Å²) in [4.78, 5) is 2.58. The first-order valence-corrected chi connectivity index (χ1v) is 6.67. The van der Waals surface area contributed by atoms with Crippen molar-refractivity contribution in [2.24, 2.45) is 5.92 Å². The van der Waals surface area contributed by atoms with Crippen LogP contribution in [0.3, 0.4) is 0 Å². The van der Waals surface area contributed by atoms with Crippen molar-refractivity contribution in [3.63, 3.8) is 0 Å². The highest BCUT2D eigenvalue weighted by Gasteiger charge is 2.20. The fourth-order valence-corrected chi connectivity index (χ4v) is 2.30. The molecule has 0 spiro atoms. The van der Waals surface area contributed by atoms with Gasteiger partial charge < -0.3 is 10.2 Å². The van der Waals surface area contributed by atoms with E-state index in [0.29, 0.717) is 6.04 Å². The molecule has 1 rings (SSSR count). The molecule has 0 saturated carbocycles. The summed E-state index contributed by atoms with van der Waals surface area (Å²) >= 11 is 0. The zero-order valence-corrected chi connectivity index (χ0v) is 10.8. The maximum atomic E-state index is 5.29. The van der Waals surface area contributed by atoms with E-state index in [9.17, 15) is 0 Å². The Bertz CT molecular complexity index is 219. The summed E-state index contributed by atoms with van der Waals surface area (Å²) in [5.41, 5.74) is 0. The molecule has 1 N–H and O–H groups in total. The molecule has 1 saturated heterocycles. The van der Waals surface area contributed by atoms with Gasteiger partial charge in [0.1, 0.15) is 0 Å². The van der Waals surface area contributed by atoms with Crippen LogP contribution in [0.25, 0.3) is 0 Å². The molecule has 0 radical (unpaired) electrons. The molecule has 1 aliphatic rings. The first-order chi connectivity index (χ1) is 7.77. The zero-order chi connectivity index (χ0) is 11.8. The molecule has 1 aliphatic heterocycles. The van der Waals surface area contributed by atoms with Crippen LogP contribution in [0.1, 0.15) is 39.5 Å². The lowest BCUT2D eigenvalue weighted by Crippen LogP contribution is -2.42. The van der Waals surface area contributed by atoms with Crippen LogP contribution in [0, 0.1) is 18.3 Å². The van der Waals surface area contributed by atoms with Gasteiger partial charge in [-0.1, -0.05) is 20.3 Å². The highest BCUT2D eigenvalue weighted by molar-refractivity contribution is 4.85. The Morgan fingerprint density at radius 3 is 3.06 bits per heavy atom. The summed E-state index contributed by atoms with van der Waals surface area (Å²) in [5, 5.41) is 3.67. The average Bonchev–Trinajstić information content (AvgIpc) is 2.54. The number of hydrogen-bond acceptors (Lipinski definition) is 2. The van der Waals surface area contributed by atoms with Crippen LogP contribution in [0.5, 0.6) is 0 Å². The van der Waals surface area contributed by atoms with E-state index in [1.807, 2.05) is 0 Å². The molecule has 0 amide bonds. The van der Waals surface area contributed by atoms with Gasteiger partial charge in [0.2, 0.25) is 0 Å². The van der Waals surface area contributed by atoms with E-state index in [1.54, 1.807) is 0 Å². The second-order valence-electron chi connectivity index (χ2n) is 4.91. The van der Waals surface area contributed by atoms with Crippen molar-refractivity contribution in [1.29, 1.82) is 0 Å². The summed E-state index contributed by atoms with van der Waals surface area (Å²) in [5.74, 6) is 3.50. The van der Waals surface area contributed by atoms with Crippen LogP contribution in [0.2, 0.25) is 0 Å². The van der Waals surface area contributed by atoms with Gasteiger partial charge in [-0.2, -0.15) is 0 Å². The first kappa shape index (κ1) is 13.5. The molecule has 2 heteroatoms. The summed E-state index contributed by atoms with van der Waals surface area (Å²) in [6, 6.07) is 0.665. The molecule has 2 unspecified atom stereocenters. The maximum absolute atomic E-state index is 5.29. The normalized spacial score (nSPS) is 24.7. The molecule has 1 fully saturated rings. The van der Waals surface area contributed by atoms with Gasteiger partial charge in [0.25, 0.3) is 0 Å². The van der Waals surface area contributed by atoms with Crippen molar-refractivity contribution < 1.29 is 0 Å². The Morgan fingerprint density at radius 1 is 1.56 bits per heavy atom. The van der Waals surface area contributed by atoms with E-state index in [-0.39, 0.29) is 0 Å².